The van der Waals surface area contributed by atoms with Crippen LogP contribution in [0.4, 0.5) is 0 Å². The lowest BCUT2D eigenvalue weighted by Crippen LogP contribution is -2.24. The van der Waals surface area contributed by atoms with Crippen LogP contribution in [0.3, 0.4) is 0 Å². The van der Waals surface area contributed by atoms with Crippen molar-refractivity contribution in [2.24, 2.45) is 10.3 Å². The molecule has 182 valence electrons. The topological polar surface area (TPSA) is 137 Å². The van der Waals surface area contributed by atoms with E-state index in [-0.39, 0.29) is 13.2 Å². The van der Waals surface area contributed by atoms with Crippen LogP contribution >= 0.6 is 15.9 Å². The molecule has 0 heterocycles. The Morgan fingerprint density at radius 3 is 2.41 bits per heavy atom. The number of ether oxygens (including phenoxy) is 5. The van der Waals surface area contributed by atoms with Crippen molar-refractivity contribution in [3.63, 3.8) is 0 Å². The molecule has 11 nitrogen and oxygen atoms in total. The van der Waals surface area contributed by atoms with Gasteiger partial charge in [0.05, 0.1) is 33.3 Å². The van der Waals surface area contributed by atoms with Crippen molar-refractivity contribution in [1.82, 2.24) is 5.43 Å². The van der Waals surface area contributed by atoms with Gasteiger partial charge in [-0.1, -0.05) is 5.16 Å². The zero-order chi connectivity index (χ0) is 24.9. The minimum Gasteiger partial charge on any atom is -0.493 e. The number of esters is 1. The van der Waals surface area contributed by atoms with Crippen LogP contribution in [-0.4, -0.2) is 63.6 Å². The van der Waals surface area contributed by atoms with E-state index in [0.717, 1.165) is 0 Å². The largest absolute Gasteiger partial charge is 0.493 e. The lowest BCUT2D eigenvalue weighted by Gasteiger charge is -2.12. The molecule has 0 aliphatic rings. The second-order valence-electron chi connectivity index (χ2n) is 6.35. The van der Waals surface area contributed by atoms with Crippen molar-refractivity contribution < 1.29 is 38.5 Å². The number of carbonyl (C=O) groups excluding carboxylic acids is 2. The predicted octanol–water partition coefficient (Wildman–Crippen LogP) is 2.75. The van der Waals surface area contributed by atoms with Crippen LogP contribution in [-0.2, 0) is 14.3 Å². The highest BCUT2D eigenvalue weighted by Gasteiger charge is 2.12. The van der Waals surface area contributed by atoms with E-state index in [9.17, 15) is 9.59 Å². The first kappa shape index (κ1) is 26.5. The van der Waals surface area contributed by atoms with Gasteiger partial charge in [-0.3, -0.25) is 4.79 Å². The number of halogens is 1. The van der Waals surface area contributed by atoms with Crippen molar-refractivity contribution >= 4 is 40.2 Å². The second kappa shape index (κ2) is 13.7. The standard InChI is InChI=1S/C22H24BrN3O8/c1-4-32-19-7-14(5-6-17(19)34-13-22(28)31-3)10-24-26-21(27)12-33-20-9-16(23)15(11-25-29)8-18(20)30-2/h5-11,29H,4,12-13H2,1-3H3,(H,26,27)/b24-10+,25-11+. The molecule has 2 aromatic carbocycles. The number of hydrazone groups is 1. The van der Waals surface area contributed by atoms with Crippen LogP contribution in [0.1, 0.15) is 18.1 Å². The van der Waals surface area contributed by atoms with E-state index in [1.165, 1.54) is 26.6 Å². The normalized spacial score (nSPS) is 10.8. The van der Waals surface area contributed by atoms with Crippen molar-refractivity contribution in [2.75, 3.05) is 34.0 Å². The molecular formula is C22H24BrN3O8. The number of methoxy groups -OCH3 is 2. The molecule has 0 unspecified atom stereocenters. The highest BCUT2D eigenvalue weighted by Crippen LogP contribution is 2.33. The fourth-order valence-electron chi connectivity index (χ4n) is 2.53. The van der Waals surface area contributed by atoms with Gasteiger partial charge < -0.3 is 28.9 Å². The van der Waals surface area contributed by atoms with Gasteiger partial charge in [0.25, 0.3) is 5.91 Å². The molecule has 2 rings (SSSR count). The third-order valence-corrected chi connectivity index (χ3v) is 4.77. The van der Waals surface area contributed by atoms with E-state index in [2.05, 4.69) is 36.3 Å². The Balaban J connectivity index is 1.97. The van der Waals surface area contributed by atoms with Gasteiger partial charge in [0.15, 0.2) is 36.2 Å². The maximum absolute atomic E-state index is 12.1. The molecule has 2 N–H and O–H groups in total. The number of hydrogen-bond acceptors (Lipinski definition) is 10. The van der Waals surface area contributed by atoms with Crippen molar-refractivity contribution in [2.45, 2.75) is 6.92 Å². The van der Waals surface area contributed by atoms with E-state index >= 15 is 0 Å². The Hall–Kier alpha value is -3.80. The van der Waals surface area contributed by atoms with Crippen LogP contribution in [0.15, 0.2) is 45.1 Å². The minimum absolute atomic E-state index is 0.251. The number of oxime groups is 1. The number of amides is 1. The molecule has 0 aromatic heterocycles. The van der Waals surface area contributed by atoms with Gasteiger partial charge in [0, 0.05) is 10.0 Å². The molecular weight excluding hydrogens is 514 g/mol. The summed E-state index contributed by atoms with van der Waals surface area (Å²) in [7, 11) is 2.72. The Morgan fingerprint density at radius 1 is 1.00 bits per heavy atom. The number of nitrogens with zero attached hydrogens (tertiary/aromatic N) is 2. The van der Waals surface area contributed by atoms with Gasteiger partial charge in [-0.2, -0.15) is 5.10 Å². The third-order valence-electron chi connectivity index (χ3n) is 4.08. The van der Waals surface area contributed by atoms with Gasteiger partial charge in [-0.15, -0.1) is 0 Å². The molecule has 0 aliphatic carbocycles. The molecule has 2 aromatic rings. The SMILES string of the molecule is CCOc1cc(/C=N/NC(=O)COc2cc(Br)c(/C=N/O)cc2OC)ccc1OCC(=O)OC. The summed E-state index contributed by atoms with van der Waals surface area (Å²) in [5.41, 5.74) is 3.55. The zero-order valence-corrected chi connectivity index (χ0v) is 20.3. The van der Waals surface area contributed by atoms with E-state index in [1.807, 2.05) is 6.92 Å². The predicted molar refractivity (Wildman–Crippen MR) is 126 cm³/mol. The van der Waals surface area contributed by atoms with Gasteiger partial charge >= 0.3 is 5.97 Å². The lowest BCUT2D eigenvalue weighted by molar-refractivity contribution is -0.142. The summed E-state index contributed by atoms with van der Waals surface area (Å²) in [6, 6.07) is 8.13. The van der Waals surface area contributed by atoms with Gasteiger partial charge in [0.1, 0.15) is 0 Å². The number of benzene rings is 2. The van der Waals surface area contributed by atoms with Crippen LogP contribution in [0.25, 0.3) is 0 Å². The highest BCUT2D eigenvalue weighted by atomic mass is 79.9. The summed E-state index contributed by atoms with van der Waals surface area (Å²) >= 11 is 3.32. The third kappa shape index (κ3) is 7.96. The smallest absolute Gasteiger partial charge is 0.343 e. The average Bonchev–Trinajstić information content (AvgIpc) is 2.83. The molecule has 1 amide bonds. The molecule has 0 spiro atoms. The molecule has 0 saturated heterocycles. The van der Waals surface area contributed by atoms with Crippen LogP contribution < -0.4 is 24.4 Å². The maximum Gasteiger partial charge on any atom is 0.343 e. The Labute approximate surface area is 204 Å². The maximum atomic E-state index is 12.1. The van der Waals surface area contributed by atoms with E-state index in [1.54, 1.807) is 30.3 Å². The lowest BCUT2D eigenvalue weighted by atomic mass is 10.2. The summed E-state index contributed by atoms with van der Waals surface area (Å²) in [4.78, 5) is 23.4. The van der Waals surface area contributed by atoms with Crippen LogP contribution in [0.2, 0.25) is 0 Å². The molecule has 12 heteroatoms. The molecule has 0 aliphatic heterocycles. The van der Waals surface area contributed by atoms with Crippen molar-refractivity contribution in [1.29, 1.82) is 0 Å². The number of carbonyl (C=O) groups is 2. The molecule has 34 heavy (non-hydrogen) atoms. The van der Waals surface area contributed by atoms with Gasteiger partial charge in [-0.25, -0.2) is 10.2 Å². The highest BCUT2D eigenvalue weighted by molar-refractivity contribution is 9.10. The van der Waals surface area contributed by atoms with E-state index in [4.69, 9.17) is 24.2 Å². The molecule has 0 saturated carbocycles. The molecule has 0 fully saturated rings. The Bertz CT molecular complexity index is 1060. The number of hydrogen-bond donors (Lipinski definition) is 2. The van der Waals surface area contributed by atoms with Gasteiger partial charge in [0.2, 0.25) is 0 Å². The Morgan fingerprint density at radius 2 is 1.74 bits per heavy atom. The van der Waals surface area contributed by atoms with E-state index < -0.39 is 11.9 Å². The first-order valence-corrected chi connectivity index (χ1v) is 10.7. The molecule has 0 radical (unpaired) electrons. The number of nitrogens with one attached hydrogen (secondary N) is 1. The monoisotopic (exact) mass is 537 g/mol. The zero-order valence-electron chi connectivity index (χ0n) is 18.7. The van der Waals surface area contributed by atoms with E-state index in [0.29, 0.717) is 45.2 Å². The first-order chi connectivity index (χ1) is 16.4. The summed E-state index contributed by atoms with van der Waals surface area (Å²) < 4.78 is 26.8. The van der Waals surface area contributed by atoms with Crippen molar-refractivity contribution in [3.05, 3.63) is 45.9 Å². The van der Waals surface area contributed by atoms with Crippen molar-refractivity contribution in [3.8, 4) is 23.0 Å². The van der Waals surface area contributed by atoms with Crippen LogP contribution in [0.5, 0.6) is 23.0 Å². The minimum atomic E-state index is -0.516. The second-order valence-corrected chi connectivity index (χ2v) is 7.21. The first-order valence-electron chi connectivity index (χ1n) is 9.87. The number of rotatable bonds is 12. The Kier molecular flexibility index (Phi) is 10.6. The summed E-state index contributed by atoms with van der Waals surface area (Å²) in [6.07, 6.45) is 2.65. The average molecular weight is 538 g/mol. The summed E-state index contributed by atoms with van der Waals surface area (Å²) in [5, 5.41) is 15.6. The van der Waals surface area contributed by atoms with Gasteiger partial charge in [-0.05, 0) is 58.7 Å². The fourth-order valence-corrected chi connectivity index (χ4v) is 2.95. The summed E-state index contributed by atoms with van der Waals surface area (Å²) in [5.74, 6) is 0.437. The van der Waals surface area contributed by atoms with Crippen LogP contribution in [0, 0.1) is 0 Å². The summed E-state index contributed by atoms with van der Waals surface area (Å²) in [6.45, 7) is 1.63. The molecule has 0 atom stereocenters. The quantitative estimate of drug-likeness (QED) is 0.182. The molecule has 0 bridgehead atoms. The fraction of sp³-hybridized carbons (Fsp3) is 0.273.